The number of aliphatic hydroxyl groups excluding tert-OH is 1. The summed E-state index contributed by atoms with van der Waals surface area (Å²) in [5.74, 6) is -0.333. The van der Waals surface area contributed by atoms with Crippen LogP contribution in [0.2, 0.25) is 5.02 Å². The Morgan fingerprint density at radius 1 is 1.28 bits per heavy atom. The first-order valence-electron chi connectivity index (χ1n) is 11.4. The zero-order chi connectivity index (χ0) is 25.8. The fourth-order valence-electron chi connectivity index (χ4n) is 4.92. The van der Waals surface area contributed by atoms with Gasteiger partial charge < -0.3 is 15.2 Å². The number of aryl methyl sites for hydroxylation is 1. The van der Waals surface area contributed by atoms with Crippen molar-refractivity contribution in [3.63, 3.8) is 0 Å². The molecule has 3 aromatic rings. The minimum Gasteiger partial charge on any atom is -0.389 e. The van der Waals surface area contributed by atoms with Crippen molar-refractivity contribution < 1.29 is 27.4 Å². The summed E-state index contributed by atoms with van der Waals surface area (Å²) in [7, 11) is 1.38. The fourth-order valence-corrected chi connectivity index (χ4v) is 5.24. The molecule has 3 unspecified atom stereocenters. The van der Waals surface area contributed by atoms with E-state index in [1.807, 2.05) is 11.8 Å². The van der Waals surface area contributed by atoms with Gasteiger partial charge in [-0.25, -0.2) is 14.4 Å². The maximum Gasteiger partial charge on any atom is 0.435 e. The third-order valence-corrected chi connectivity index (χ3v) is 7.49. The summed E-state index contributed by atoms with van der Waals surface area (Å²) < 4.78 is 60.8. The molecular weight excluding hydrogens is 504 g/mol. The zero-order valence-corrected chi connectivity index (χ0v) is 20.3. The molecule has 13 heteroatoms. The van der Waals surface area contributed by atoms with Gasteiger partial charge in [-0.2, -0.15) is 18.3 Å². The second kappa shape index (κ2) is 9.09. The van der Waals surface area contributed by atoms with E-state index in [1.54, 1.807) is 12.1 Å². The first-order valence-corrected chi connectivity index (χ1v) is 11.8. The van der Waals surface area contributed by atoms with Gasteiger partial charge in [-0.3, -0.25) is 9.58 Å². The number of aliphatic hydroxyl groups is 1. The lowest BCUT2D eigenvalue weighted by Gasteiger charge is -2.45. The van der Waals surface area contributed by atoms with Crippen LogP contribution in [0.15, 0.2) is 24.4 Å². The molecule has 1 aromatic carbocycles. The molecule has 194 valence electrons. The van der Waals surface area contributed by atoms with Crippen LogP contribution in [0.3, 0.4) is 0 Å². The van der Waals surface area contributed by atoms with Gasteiger partial charge in [0.15, 0.2) is 5.69 Å². The third-order valence-electron chi connectivity index (χ3n) is 7.16. The lowest BCUT2D eigenvalue weighted by Crippen LogP contribution is -2.58. The summed E-state index contributed by atoms with van der Waals surface area (Å²) in [6.45, 7) is 3.15. The molecule has 0 saturated carbocycles. The van der Waals surface area contributed by atoms with Crippen molar-refractivity contribution in [1.82, 2.24) is 24.6 Å². The summed E-state index contributed by atoms with van der Waals surface area (Å²) >= 11 is 6.52. The Morgan fingerprint density at radius 3 is 2.69 bits per heavy atom. The van der Waals surface area contributed by atoms with Gasteiger partial charge in [0.05, 0.1) is 30.4 Å². The summed E-state index contributed by atoms with van der Waals surface area (Å²) in [5, 5.41) is 17.6. The molecule has 0 bridgehead atoms. The highest BCUT2D eigenvalue weighted by Gasteiger charge is 2.47. The lowest BCUT2D eigenvalue weighted by atomic mass is 9.84. The van der Waals surface area contributed by atoms with Crippen molar-refractivity contribution >= 4 is 34.3 Å². The fraction of sp³-hybridized carbons (Fsp3) is 0.522. The highest BCUT2D eigenvalue weighted by Crippen LogP contribution is 2.40. The maximum absolute atomic E-state index is 15.5. The molecule has 2 fully saturated rings. The molecule has 5 rings (SSSR count). The molecule has 0 amide bonds. The van der Waals surface area contributed by atoms with Crippen molar-refractivity contribution in [1.29, 1.82) is 0 Å². The molecule has 36 heavy (non-hydrogen) atoms. The average Bonchev–Trinajstić information content (AvgIpc) is 3.36. The second-order valence-corrected chi connectivity index (χ2v) is 9.94. The molecule has 2 N–H and O–H groups in total. The highest BCUT2D eigenvalue weighted by molar-refractivity contribution is 6.32. The van der Waals surface area contributed by atoms with Crippen LogP contribution >= 0.6 is 11.6 Å². The van der Waals surface area contributed by atoms with E-state index in [0.29, 0.717) is 41.1 Å². The number of benzene rings is 1. The SMILES string of the molecule is Cn1nc(C(F)(F)F)cc1Nc1ncc2cc(Cl)c(C3CCN([C@]4(C)COCC4O)CC3F)cc2n1. The van der Waals surface area contributed by atoms with Gasteiger partial charge >= 0.3 is 6.18 Å². The number of alkyl halides is 4. The number of nitrogens with zero attached hydrogens (tertiary/aromatic N) is 5. The van der Waals surface area contributed by atoms with Crippen LogP contribution in [-0.2, 0) is 18.0 Å². The van der Waals surface area contributed by atoms with Crippen LogP contribution in [0, 0.1) is 0 Å². The molecule has 2 aliphatic heterocycles. The first kappa shape index (κ1) is 25.1. The lowest BCUT2D eigenvalue weighted by molar-refractivity contribution is -0.141. The van der Waals surface area contributed by atoms with E-state index >= 15 is 4.39 Å². The van der Waals surface area contributed by atoms with Crippen LogP contribution in [0.25, 0.3) is 10.9 Å². The first-order chi connectivity index (χ1) is 17.0. The van der Waals surface area contributed by atoms with Crippen LogP contribution in [-0.4, -0.2) is 73.9 Å². The molecule has 2 aliphatic rings. The number of hydrogen-bond acceptors (Lipinski definition) is 7. The summed E-state index contributed by atoms with van der Waals surface area (Å²) in [6, 6.07) is 4.24. The van der Waals surface area contributed by atoms with Crippen molar-refractivity contribution in [2.24, 2.45) is 7.05 Å². The standard InChI is InChI=1S/C23H25ClF4N6O2/c1-22(11-36-10-19(22)35)34-4-3-13(16(25)9-34)14-6-17-12(5-15(14)24)8-29-21(30-17)31-20-7-18(23(26,27)28)32-33(20)2/h5-8,13,16,19,35H,3-4,9-11H2,1-2H3,(H,29,30,31)/t13?,16?,19?,22-/m1/s1. The van der Waals surface area contributed by atoms with E-state index < -0.39 is 35.6 Å². The van der Waals surface area contributed by atoms with Gasteiger partial charge in [-0.1, -0.05) is 11.6 Å². The molecule has 2 aromatic heterocycles. The van der Waals surface area contributed by atoms with Gasteiger partial charge in [0, 0.05) is 42.2 Å². The third kappa shape index (κ3) is 4.51. The van der Waals surface area contributed by atoms with Crippen LogP contribution in [0.1, 0.15) is 30.5 Å². The Balaban J connectivity index is 1.39. The number of rotatable bonds is 4. The van der Waals surface area contributed by atoms with E-state index in [1.165, 1.54) is 13.2 Å². The minimum atomic E-state index is -4.58. The number of aromatic nitrogens is 4. The second-order valence-electron chi connectivity index (χ2n) is 9.53. The maximum atomic E-state index is 15.5. The Hall–Kier alpha value is -2.54. The number of anilines is 2. The predicted octanol–water partition coefficient (Wildman–Crippen LogP) is 4.06. The van der Waals surface area contributed by atoms with Crippen molar-refractivity contribution in [2.45, 2.75) is 43.3 Å². The van der Waals surface area contributed by atoms with Gasteiger partial charge in [0.25, 0.3) is 0 Å². The Labute approximate surface area is 209 Å². The van der Waals surface area contributed by atoms with Crippen LogP contribution in [0.4, 0.5) is 29.3 Å². The number of likely N-dealkylation sites (tertiary alicyclic amines) is 1. The van der Waals surface area contributed by atoms with Crippen LogP contribution in [0.5, 0.6) is 0 Å². The summed E-state index contributed by atoms with van der Waals surface area (Å²) in [6.07, 6.45) is -4.50. The predicted molar refractivity (Wildman–Crippen MR) is 125 cm³/mol. The smallest absolute Gasteiger partial charge is 0.389 e. The van der Waals surface area contributed by atoms with E-state index in [0.717, 1.165) is 10.7 Å². The van der Waals surface area contributed by atoms with Gasteiger partial charge in [0.2, 0.25) is 5.95 Å². The topological polar surface area (TPSA) is 88.3 Å². The number of piperidine rings is 1. The number of hydrogen-bond donors (Lipinski definition) is 2. The van der Waals surface area contributed by atoms with Gasteiger partial charge in [0.1, 0.15) is 12.0 Å². The quantitative estimate of drug-likeness (QED) is 0.494. The number of ether oxygens (including phenoxy) is 1. The van der Waals surface area contributed by atoms with E-state index in [9.17, 15) is 18.3 Å². The number of halogens is 5. The van der Waals surface area contributed by atoms with Crippen LogP contribution < -0.4 is 5.32 Å². The molecule has 0 aliphatic carbocycles. The largest absolute Gasteiger partial charge is 0.435 e. The van der Waals surface area contributed by atoms with Crippen molar-refractivity contribution in [3.8, 4) is 0 Å². The highest BCUT2D eigenvalue weighted by atomic mass is 35.5. The van der Waals surface area contributed by atoms with Crippen molar-refractivity contribution in [3.05, 3.63) is 40.7 Å². The Morgan fingerprint density at radius 2 is 2.06 bits per heavy atom. The normalized spacial score (nSPS) is 27.6. The molecular formula is C23H25ClF4N6O2. The number of fused-ring (bicyclic) bond motifs is 1. The monoisotopic (exact) mass is 528 g/mol. The molecule has 4 atom stereocenters. The van der Waals surface area contributed by atoms with E-state index in [4.69, 9.17) is 16.3 Å². The van der Waals surface area contributed by atoms with E-state index in [-0.39, 0.29) is 24.9 Å². The average molecular weight is 529 g/mol. The Kier molecular flexibility index (Phi) is 6.34. The van der Waals surface area contributed by atoms with E-state index in [2.05, 4.69) is 20.4 Å². The van der Waals surface area contributed by atoms with Crippen molar-refractivity contribution in [2.75, 3.05) is 31.6 Å². The molecule has 8 nitrogen and oxygen atoms in total. The zero-order valence-electron chi connectivity index (χ0n) is 19.6. The minimum absolute atomic E-state index is 0.0682. The number of nitrogens with one attached hydrogen (secondary N) is 1. The summed E-state index contributed by atoms with van der Waals surface area (Å²) in [5.41, 5.74) is -0.581. The Bertz CT molecular complexity index is 1290. The molecule has 4 heterocycles. The molecule has 2 saturated heterocycles. The molecule has 0 radical (unpaired) electrons. The van der Waals surface area contributed by atoms with Gasteiger partial charge in [-0.05, 0) is 37.6 Å². The summed E-state index contributed by atoms with van der Waals surface area (Å²) in [4.78, 5) is 10.5. The van der Waals surface area contributed by atoms with Gasteiger partial charge in [-0.15, -0.1) is 0 Å². The molecule has 0 spiro atoms.